The summed E-state index contributed by atoms with van der Waals surface area (Å²) < 4.78 is 0. The Labute approximate surface area is 86.7 Å². The molecule has 13 heavy (non-hydrogen) atoms. The predicted molar refractivity (Wildman–Crippen MR) is 55.9 cm³/mol. The van der Waals surface area contributed by atoms with Gasteiger partial charge in [0.05, 0.1) is 16.7 Å². The molecule has 0 aliphatic carbocycles. The molecule has 0 fully saturated rings. The summed E-state index contributed by atoms with van der Waals surface area (Å²) in [5, 5.41) is 9.22. The first-order valence-corrected chi connectivity index (χ1v) is 5.17. The molecule has 0 aliphatic heterocycles. The number of rotatable bonds is 3. The lowest BCUT2D eigenvalue weighted by Crippen LogP contribution is -2.00. The minimum absolute atomic E-state index is 0.585. The summed E-state index contributed by atoms with van der Waals surface area (Å²) in [6, 6.07) is 7.30. The van der Waals surface area contributed by atoms with E-state index >= 15 is 0 Å². The smallest absolute Gasteiger partial charge is 0.0992 e. The van der Waals surface area contributed by atoms with Crippen molar-refractivity contribution < 1.29 is 0 Å². The Morgan fingerprint density at radius 3 is 2.85 bits per heavy atom. The van der Waals surface area contributed by atoms with Crippen LogP contribution in [0.1, 0.15) is 5.56 Å². The zero-order valence-electron chi connectivity index (χ0n) is 6.96. The van der Waals surface area contributed by atoms with Crippen LogP contribution in [0.5, 0.6) is 0 Å². The summed E-state index contributed by atoms with van der Waals surface area (Å²) in [5.74, 6) is 0.839. The summed E-state index contributed by atoms with van der Waals surface area (Å²) >= 11 is 7.53. The van der Waals surface area contributed by atoms with Gasteiger partial charge in [0.1, 0.15) is 0 Å². The Hall–Kier alpha value is -0.690. The number of nitrogens with zero attached hydrogens (tertiary/aromatic N) is 1. The minimum Gasteiger partial charge on any atom is -0.330 e. The van der Waals surface area contributed by atoms with Gasteiger partial charge in [-0.1, -0.05) is 11.6 Å². The number of thioether (sulfide) groups is 1. The molecule has 0 amide bonds. The van der Waals surface area contributed by atoms with Crippen molar-refractivity contribution in [3.63, 3.8) is 0 Å². The fourth-order valence-corrected chi connectivity index (χ4v) is 1.90. The van der Waals surface area contributed by atoms with Crippen molar-refractivity contribution in [3.8, 4) is 6.07 Å². The summed E-state index contributed by atoms with van der Waals surface area (Å²) in [6.07, 6.45) is 0. The standard InChI is InChI=1S/C9H9ClN2S/c10-8-5-7(6-12)1-2-9(8)13-4-3-11/h1-2,5H,3-4,11H2. The van der Waals surface area contributed by atoms with E-state index in [9.17, 15) is 0 Å². The lowest BCUT2D eigenvalue weighted by atomic mass is 10.2. The summed E-state index contributed by atoms with van der Waals surface area (Å²) in [5.41, 5.74) is 5.95. The minimum atomic E-state index is 0.585. The second kappa shape index (κ2) is 5.13. The maximum atomic E-state index is 8.59. The molecule has 1 aromatic carbocycles. The number of benzene rings is 1. The normalized spacial score (nSPS) is 9.62. The highest BCUT2D eigenvalue weighted by molar-refractivity contribution is 7.99. The molecule has 4 heteroatoms. The molecule has 0 aliphatic rings. The molecule has 0 bridgehead atoms. The first kappa shape index (κ1) is 10.4. The third-order valence-corrected chi connectivity index (χ3v) is 2.97. The molecule has 0 aromatic heterocycles. The molecular weight excluding hydrogens is 204 g/mol. The van der Waals surface area contributed by atoms with Gasteiger partial charge < -0.3 is 5.73 Å². The van der Waals surface area contributed by atoms with Gasteiger partial charge in [-0.3, -0.25) is 0 Å². The van der Waals surface area contributed by atoms with Crippen molar-refractivity contribution >= 4 is 23.4 Å². The van der Waals surface area contributed by atoms with Crippen LogP contribution < -0.4 is 5.73 Å². The van der Waals surface area contributed by atoms with Crippen molar-refractivity contribution in [1.29, 1.82) is 5.26 Å². The van der Waals surface area contributed by atoms with Gasteiger partial charge in [0.15, 0.2) is 0 Å². The van der Waals surface area contributed by atoms with Gasteiger partial charge in [0.25, 0.3) is 0 Å². The van der Waals surface area contributed by atoms with Crippen molar-refractivity contribution in [1.82, 2.24) is 0 Å². The van der Waals surface area contributed by atoms with Crippen molar-refractivity contribution in [2.45, 2.75) is 4.90 Å². The van der Waals surface area contributed by atoms with Crippen LogP contribution in [0.15, 0.2) is 23.1 Å². The van der Waals surface area contributed by atoms with Gasteiger partial charge >= 0.3 is 0 Å². The number of halogens is 1. The van der Waals surface area contributed by atoms with Gasteiger partial charge in [0.2, 0.25) is 0 Å². The Balaban J connectivity index is 2.81. The summed E-state index contributed by atoms with van der Waals surface area (Å²) in [4.78, 5) is 0.978. The van der Waals surface area contributed by atoms with Crippen LogP contribution in [0.4, 0.5) is 0 Å². The molecule has 2 N–H and O–H groups in total. The summed E-state index contributed by atoms with van der Waals surface area (Å²) in [6.45, 7) is 0.626. The Bertz CT molecular complexity index is 333. The van der Waals surface area contributed by atoms with E-state index in [1.807, 2.05) is 12.1 Å². The van der Waals surface area contributed by atoms with E-state index in [-0.39, 0.29) is 0 Å². The Morgan fingerprint density at radius 1 is 1.54 bits per heavy atom. The number of hydrogen-bond acceptors (Lipinski definition) is 3. The van der Waals surface area contributed by atoms with Crippen molar-refractivity contribution in [3.05, 3.63) is 28.8 Å². The summed E-state index contributed by atoms with van der Waals surface area (Å²) in [7, 11) is 0. The van der Waals surface area contributed by atoms with E-state index in [0.717, 1.165) is 10.6 Å². The Morgan fingerprint density at radius 2 is 2.31 bits per heavy atom. The maximum Gasteiger partial charge on any atom is 0.0992 e. The predicted octanol–water partition coefficient (Wildman–Crippen LogP) is 2.26. The molecule has 2 nitrogen and oxygen atoms in total. The molecule has 0 saturated heterocycles. The topological polar surface area (TPSA) is 49.8 Å². The van der Waals surface area contributed by atoms with Gasteiger partial charge in [-0.25, -0.2) is 0 Å². The number of nitriles is 1. The van der Waals surface area contributed by atoms with Gasteiger partial charge in [0, 0.05) is 17.2 Å². The highest BCUT2D eigenvalue weighted by Gasteiger charge is 2.01. The molecular formula is C9H9ClN2S. The highest BCUT2D eigenvalue weighted by Crippen LogP contribution is 2.27. The van der Waals surface area contributed by atoms with E-state index in [1.165, 1.54) is 0 Å². The van der Waals surface area contributed by atoms with Gasteiger partial charge in [-0.05, 0) is 18.2 Å². The molecule has 0 radical (unpaired) electrons. The van der Waals surface area contributed by atoms with E-state index in [2.05, 4.69) is 0 Å². The van der Waals surface area contributed by atoms with Crippen LogP contribution in [0.3, 0.4) is 0 Å². The largest absolute Gasteiger partial charge is 0.330 e. The SMILES string of the molecule is N#Cc1ccc(SCCN)c(Cl)c1. The lowest BCUT2D eigenvalue weighted by molar-refractivity contribution is 1.15. The first-order chi connectivity index (χ1) is 6.27. The molecule has 0 saturated carbocycles. The monoisotopic (exact) mass is 212 g/mol. The number of nitrogens with two attached hydrogens (primary N) is 1. The quantitative estimate of drug-likeness (QED) is 0.782. The fraction of sp³-hybridized carbons (Fsp3) is 0.222. The Kier molecular flexibility index (Phi) is 4.10. The van der Waals surface area contributed by atoms with Crippen LogP contribution in [-0.2, 0) is 0 Å². The first-order valence-electron chi connectivity index (χ1n) is 3.80. The molecule has 68 valence electrons. The lowest BCUT2D eigenvalue weighted by Gasteiger charge is -2.02. The van der Waals surface area contributed by atoms with E-state index < -0.39 is 0 Å². The van der Waals surface area contributed by atoms with E-state index in [1.54, 1.807) is 23.9 Å². The van der Waals surface area contributed by atoms with Crippen LogP contribution in [0, 0.1) is 11.3 Å². The van der Waals surface area contributed by atoms with Crippen LogP contribution in [0.25, 0.3) is 0 Å². The van der Waals surface area contributed by atoms with Crippen LogP contribution >= 0.6 is 23.4 Å². The molecule has 0 unspecified atom stereocenters. The maximum absolute atomic E-state index is 8.59. The van der Waals surface area contributed by atoms with E-state index in [0.29, 0.717) is 17.1 Å². The van der Waals surface area contributed by atoms with Gasteiger partial charge in [-0.2, -0.15) is 5.26 Å². The third kappa shape index (κ3) is 2.92. The van der Waals surface area contributed by atoms with E-state index in [4.69, 9.17) is 22.6 Å². The third-order valence-electron chi connectivity index (χ3n) is 1.44. The second-order valence-corrected chi connectivity index (χ2v) is 3.94. The van der Waals surface area contributed by atoms with Gasteiger partial charge in [-0.15, -0.1) is 11.8 Å². The zero-order valence-corrected chi connectivity index (χ0v) is 8.53. The molecule has 1 rings (SSSR count). The molecule has 0 heterocycles. The van der Waals surface area contributed by atoms with Crippen molar-refractivity contribution in [2.75, 3.05) is 12.3 Å². The fourth-order valence-electron chi connectivity index (χ4n) is 0.856. The highest BCUT2D eigenvalue weighted by atomic mass is 35.5. The molecule has 0 atom stereocenters. The average molecular weight is 213 g/mol. The molecule has 0 spiro atoms. The molecule has 1 aromatic rings. The van der Waals surface area contributed by atoms with Crippen LogP contribution in [-0.4, -0.2) is 12.3 Å². The number of hydrogen-bond donors (Lipinski definition) is 1. The van der Waals surface area contributed by atoms with Crippen molar-refractivity contribution in [2.24, 2.45) is 5.73 Å². The zero-order chi connectivity index (χ0) is 9.68. The van der Waals surface area contributed by atoms with Crippen LogP contribution in [0.2, 0.25) is 5.02 Å². The second-order valence-electron chi connectivity index (χ2n) is 2.39. The average Bonchev–Trinajstić information content (AvgIpc) is 2.16.